The molecular formula is C11H12N4O2. The average molecular weight is 232 g/mol. The highest BCUT2D eigenvalue weighted by molar-refractivity contribution is 5.89. The fourth-order valence-electron chi connectivity index (χ4n) is 2.02. The van der Waals surface area contributed by atoms with E-state index in [1.807, 2.05) is 0 Å². The number of carbonyl (C=O) groups is 1. The minimum absolute atomic E-state index is 0.343. The second kappa shape index (κ2) is 3.73. The van der Waals surface area contributed by atoms with Crippen LogP contribution < -0.4 is 5.32 Å². The second-order valence-electron chi connectivity index (χ2n) is 3.82. The van der Waals surface area contributed by atoms with Gasteiger partial charge in [0.05, 0.1) is 24.7 Å². The van der Waals surface area contributed by atoms with E-state index in [4.69, 9.17) is 4.74 Å². The van der Waals surface area contributed by atoms with E-state index in [9.17, 15) is 4.79 Å². The highest BCUT2D eigenvalue weighted by Gasteiger charge is 2.20. The first-order chi connectivity index (χ1) is 8.31. The van der Waals surface area contributed by atoms with Gasteiger partial charge in [0.25, 0.3) is 0 Å². The third kappa shape index (κ3) is 1.44. The fourth-order valence-corrected chi connectivity index (χ4v) is 2.02. The number of nitrogens with one attached hydrogen (secondary N) is 1. The maximum Gasteiger partial charge on any atom is 0.358 e. The van der Waals surface area contributed by atoms with Crippen LogP contribution in [0.4, 0.5) is 5.69 Å². The van der Waals surface area contributed by atoms with E-state index >= 15 is 0 Å². The van der Waals surface area contributed by atoms with Crippen molar-refractivity contribution < 1.29 is 9.53 Å². The lowest BCUT2D eigenvalue weighted by atomic mass is 10.2. The van der Waals surface area contributed by atoms with Crippen LogP contribution >= 0.6 is 0 Å². The molecule has 0 saturated heterocycles. The van der Waals surface area contributed by atoms with Crippen LogP contribution in [0.3, 0.4) is 0 Å². The summed E-state index contributed by atoms with van der Waals surface area (Å²) in [6, 6.07) is 0. The summed E-state index contributed by atoms with van der Waals surface area (Å²) in [4.78, 5) is 15.9. The number of rotatable bonds is 2. The number of esters is 1. The number of hydrogen-bond acceptors (Lipinski definition) is 5. The van der Waals surface area contributed by atoms with Crippen molar-refractivity contribution in [2.45, 2.75) is 13.3 Å². The Morgan fingerprint density at radius 1 is 1.59 bits per heavy atom. The third-order valence-electron chi connectivity index (χ3n) is 2.79. The monoisotopic (exact) mass is 232 g/mol. The molecule has 3 heterocycles. The van der Waals surface area contributed by atoms with Crippen molar-refractivity contribution in [2.24, 2.45) is 0 Å². The molecule has 2 aromatic heterocycles. The summed E-state index contributed by atoms with van der Waals surface area (Å²) in [6.45, 7) is 3.00. The first kappa shape index (κ1) is 10.1. The SMILES string of the molecule is CCOC(=O)c1cnc2c3c(cnn12)CCN3. The van der Waals surface area contributed by atoms with Crippen LogP contribution in [0.1, 0.15) is 23.0 Å². The van der Waals surface area contributed by atoms with Crippen LogP contribution in [0, 0.1) is 0 Å². The smallest absolute Gasteiger partial charge is 0.358 e. The third-order valence-corrected chi connectivity index (χ3v) is 2.79. The van der Waals surface area contributed by atoms with Crippen LogP contribution in [-0.4, -0.2) is 33.7 Å². The Bertz CT molecular complexity index is 590. The zero-order valence-corrected chi connectivity index (χ0v) is 9.43. The molecule has 0 amide bonds. The van der Waals surface area contributed by atoms with Gasteiger partial charge in [-0.25, -0.2) is 14.3 Å². The zero-order valence-electron chi connectivity index (χ0n) is 9.43. The molecule has 0 atom stereocenters. The normalized spacial score (nSPS) is 13.5. The Labute approximate surface area is 97.6 Å². The molecule has 88 valence electrons. The molecule has 2 aromatic rings. The summed E-state index contributed by atoms with van der Waals surface area (Å²) >= 11 is 0. The van der Waals surface area contributed by atoms with Gasteiger partial charge in [-0.1, -0.05) is 0 Å². The molecule has 1 aliphatic rings. The van der Waals surface area contributed by atoms with Crippen molar-refractivity contribution in [3.63, 3.8) is 0 Å². The molecule has 0 aliphatic carbocycles. The molecule has 6 heteroatoms. The van der Waals surface area contributed by atoms with E-state index in [-0.39, 0.29) is 0 Å². The summed E-state index contributed by atoms with van der Waals surface area (Å²) in [6.07, 6.45) is 4.22. The molecule has 0 fully saturated rings. The maximum absolute atomic E-state index is 11.7. The molecule has 1 N–H and O–H groups in total. The first-order valence-electron chi connectivity index (χ1n) is 5.58. The van der Waals surface area contributed by atoms with Crippen LogP contribution in [-0.2, 0) is 11.2 Å². The van der Waals surface area contributed by atoms with Crippen molar-refractivity contribution in [2.75, 3.05) is 18.5 Å². The lowest BCUT2D eigenvalue weighted by molar-refractivity contribution is 0.0516. The van der Waals surface area contributed by atoms with Crippen LogP contribution in [0.15, 0.2) is 12.4 Å². The van der Waals surface area contributed by atoms with Crippen LogP contribution in [0.25, 0.3) is 5.65 Å². The highest BCUT2D eigenvalue weighted by atomic mass is 16.5. The number of fused-ring (bicyclic) bond motifs is 3. The van der Waals surface area contributed by atoms with Gasteiger partial charge in [-0.15, -0.1) is 0 Å². The number of imidazole rings is 1. The molecule has 17 heavy (non-hydrogen) atoms. The quantitative estimate of drug-likeness (QED) is 0.778. The Kier molecular flexibility index (Phi) is 2.21. The largest absolute Gasteiger partial charge is 0.461 e. The molecule has 0 saturated carbocycles. The van der Waals surface area contributed by atoms with Gasteiger partial charge in [0.1, 0.15) is 0 Å². The minimum atomic E-state index is -0.398. The number of anilines is 1. The topological polar surface area (TPSA) is 68.5 Å². The number of aromatic nitrogens is 3. The predicted octanol–water partition coefficient (Wildman–Crippen LogP) is 0.874. The van der Waals surface area contributed by atoms with Crippen molar-refractivity contribution in [1.82, 2.24) is 14.6 Å². The number of ether oxygens (including phenoxy) is 1. The van der Waals surface area contributed by atoms with E-state index in [2.05, 4.69) is 15.4 Å². The molecule has 1 aliphatic heterocycles. The molecule has 0 spiro atoms. The van der Waals surface area contributed by atoms with E-state index in [0.29, 0.717) is 17.9 Å². The lowest BCUT2D eigenvalue weighted by Gasteiger charge is -2.03. The van der Waals surface area contributed by atoms with Gasteiger partial charge >= 0.3 is 5.97 Å². The van der Waals surface area contributed by atoms with Crippen LogP contribution in [0.5, 0.6) is 0 Å². The predicted molar refractivity (Wildman–Crippen MR) is 61.1 cm³/mol. The Balaban J connectivity index is 2.14. The molecule has 0 aromatic carbocycles. The van der Waals surface area contributed by atoms with Gasteiger partial charge in [-0.2, -0.15) is 5.10 Å². The van der Waals surface area contributed by atoms with Crippen molar-refractivity contribution in [3.8, 4) is 0 Å². The maximum atomic E-state index is 11.7. The Morgan fingerprint density at radius 3 is 3.29 bits per heavy atom. The number of carbonyl (C=O) groups excluding carboxylic acids is 1. The molecule has 0 bridgehead atoms. The second-order valence-corrected chi connectivity index (χ2v) is 3.82. The summed E-state index contributed by atoms with van der Waals surface area (Å²) in [7, 11) is 0. The van der Waals surface area contributed by atoms with Crippen molar-refractivity contribution in [1.29, 1.82) is 0 Å². The van der Waals surface area contributed by atoms with Gasteiger partial charge in [0.15, 0.2) is 11.3 Å². The fraction of sp³-hybridized carbons (Fsp3) is 0.364. The van der Waals surface area contributed by atoms with Gasteiger partial charge < -0.3 is 10.1 Å². The van der Waals surface area contributed by atoms with Crippen molar-refractivity contribution in [3.05, 3.63) is 23.7 Å². The zero-order chi connectivity index (χ0) is 11.8. The first-order valence-corrected chi connectivity index (χ1v) is 5.58. The molecular weight excluding hydrogens is 220 g/mol. The van der Waals surface area contributed by atoms with Crippen LogP contribution in [0.2, 0.25) is 0 Å². The van der Waals surface area contributed by atoms with Gasteiger partial charge in [0, 0.05) is 12.1 Å². The molecule has 6 nitrogen and oxygen atoms in total. The lowest BCUT2D eigenvalue weighted by Crippen LogP contribution is -2.09. The number of nitrogens with zero attached hydrogens (tertiary/aromatic N) is 3. The highest BCUT2D eigenvalue weighted by Crippen LogP contribution is 2.25. The van der Waals surface area contributed by atoms with E-state index in [1.54, 1.807) is 13.1 Å². The van der Waals surface area contributed by atoms with E-state index < -0.39 is 5.97 Å². The van der Waals surface area contributed by atoms with Gasteiger partial charge in [0.2, 0.25) is 0 Å². The standard InChI is InChI=1S/C11H12N4O2/c1-2-17-11(16)8-6-13-10-9-7(3-4-12-9)5-14-15(8)10/h5-6,12H,2-4H2,1H3. The summed E-state index contributed by atoms with van der Waals surface area (Å²) in [5.41, 5.74) is 3.15. The summed E-state index contributed by atoms with van der Waals surface area (Å²) in [5, 5.41) is 7.48. The number of hydrogen-bond donors (Lipinski definition) is 1. The van der Waals surface area contributed by atoms with E-state index in [0.717, 1.165) is 24.2 Å². The average Bonchev–Trinajstić information content (AvgIpc) is 2.94. The van der Waals surface area contributed by atoms with E-state index in [1.165, 1.54) is 10.7 Å². The van der Waals surface area contributed by atoms with Crippen molar-refractivity contribution >= 4 is 17.3 Å². The molecule has 0 unspecified atom stereocenters. The summed E-state index contributed by atoms with van der Waals surface area (Å²) in [5.74, 6) is -0.398. The molecule has 0 radical (unpaired) electrons. The Hall–Kier alpha value is -2.11. The van der Waals surface area contributed by atoms with Gasteiger partial charge in [-0.3, -0.25) is 0 Å². The Morgan fingerprint density at radius 2 is 2.47 bits per heavy atom. The molecule has 3 rings (SSSR count). The summed E-state index contributed by atoms with van der Waals surface area (Å²) < 4.78 is 6.48. The van der Waals surface area contributed by atoms with Gasteiger partial charge in [-0.05, 0) is 13.3 Å². The minimum Gasteiger partial charge on any atom is -0.461 e.